The van der Waals surface area contributed by atoms with Gasteiger partial charge in [0.25, 0.3) is 0 Å². The summed E-state index contributed by atoms with van der Waals surface area (Å²) in [6.07, 6.45) is 1.63. The van der Waals surface area contributed by atoms with Crippen molar-refractivity contribution < 1.29 is 14.0 Å². The first kappa shape index (κ1) is 16.7. The number of anilines is 1. The lowest BCUT2D eigenvalue weighted by atomic mass is 10.0. The molecule has 2 aromatic heterocycles. The van der Waals surface area contributed by atoms with Crippen molar-refractivity contribution >= 4 is 17.2 Å². The average molecular weight is 364 g/mol. The van der Waals surface area contributed by atoms with Crippen molar-refractivity contribution in [3.8, 4) is 11.3 Å². The van der Waals surface area contributed by atoms with Crippen LogP contribution in [0.4, 0.5) is 14.6 Å². The van der Waals surface area contributed by atoms with Crippen molar-refractivity contribution in [1.82, 2.24) is 9.38 Å². The number of hydrogen-bond acceptors (Lipinski definition) is 4. The summed E-state index contributed by atoms with van der Waals surface area (Å²) in [5.41, 5.74) is 8.25. The van der Waals surface area contributed by atoms with E-state index in [2.05, 4.69) is 10.1 Å². The predicted octanol–water partition coefficient (Wildman–Crippen LogP) is 4.09. The van der Waals surface area contributed by atoms with E-state index < -0.39 is 11.6 Å². The van der Waals surface area contributed by atoms with Crippen LogP contribution in [-0.4, -0.2) is 20.3 Å². The molecule has 0 fully saturated rings. The highest BCUT2D eigenvalue weighted by Crippen LogP contribution is 2.30. The van der Waals surface area contributed by atoms with E-state index in [0.717, 1.165) is 18.2 Å². The van der Waals surface area contributed by atoms with Crippen LogP contribution in [0.1, 0.15) is 11.1 Å². The van der Waals surface area contributed by atoms with Gasteiger partial charge in [0.2, 0.25) is 0 Å². The molecule has 0 unspecified atom stereocenters. The Morgan fingerprint density at radius 2 is 1.78 bits per heavy atom. The van der Waals surface area contributed by atoms with E-state index in [4.69, 9.17) is 5.73 Å². The van der Waals surface area contributed by atoms with Gasteiger partial charge in [0.15, 0.2) is 5.82 Å². The third kappa shape index (κ3) is 2.89. The fourth-order valence-electron chi connectivity index (χ4n) is 3.03. The lowest BCUT2D eigenvalue weighted by Gasteiger charge is -2.08. The van der Waals surface area contributed by atoms with Crippen LogP contribution in [0.15, 0.2) is 72.0 Å². The van der Waals surface area contributed by atoms with E-state index in [1.54, 1.807) is 34.9 Å². The van der Waals surface area contributed by atoms with Crippen molar-refractivity contribution in [2.45, 2.75) is 0 Å². The minimum atomic E-state index is -0.616. The fourth-order valence-corrected chi connectivity index (χ4v) is 3.03. The second-order valence-corrected chi connectivity index (χ2v) is 5.93. The van der Waals surface area contributed by atoms with Gasteiger partial charge in [0, 0.05) is 22.9 Å². The Bertz CT molecular complexity index is 1170. The van der Waals surface area contributed by atoms with E-state index in [1.165, 1.54) is 0 Å². The zero-order chi connectivity index (χ0) is 19.0. The minimum absolute atomic E-state index is 0.000603. The first-order valence-corrected chi connectivity index (χ1v) is 8.09. The minimum Gasteiger partial charge on any atom is -0.410 e. The van der Waals surface area contributed by atoms with Crippen LogP contribution in [0.3, 0.4) is 0 Å². The average Bonchev–Trinajstić information content (AvgIpc) is 3.00. The number of fused-ring (bicyclic) bond motifs is 1. The Kier molecular flexibility index (Phi) is 4.04. The van der Waals surface area contributed by atoms with E-state index in [9.17, 15) is 14.0 Å². The highest BCUT2D eigenvalue weighted by Gasteiger charge is 2.18. The first-order valence-electron chi connectivity index (χ1n) is 8.09. The number of nitrogen functional groups attached to an aromatic ring is 1. The van der Waals surface area contributed by atoms with Crippen molar-refractivity contribution in [1.29, 1.82) is 0 Å². The predicted molar refractivity (Wildman–Crippen MR) is 98.8 cm³/mol. The molecule has 27 heavy (non-hydrogen) atoms. The van der Waals surface area contributed by atoms with Gasteiger partial charge in [-0.05, 0) is 30.3 Å². The monoisotopic (exact) mass is 364 g/mol. The molecule has 3 N–H and O–H groups in total. The van der Waals surface area contributed by atoms with Gasteiger partial charge >= 0.3 is 0 Å². The van der Waals surface area contributed by atoms with Crippen LogP contribution in [0, 0.1) is 11.6 Å². The third-order valence-corrected chi connectivity index (χ3v) is 4.25. The number of nitrogens with zero attached hydrogens (tertiary/aromatic N) is 3. The largest absolute Gasteiger partial charge is 0.410 e. The Hall–Kier alpha value is -3.74. The molecule has 0 saturated carbocycles. The first-order chi connectivity index (χ1) is 13.1. The quantitative estimate of drug-likeness (QED) is 0.327. The maximum atomic E-state index is 14.3. The second kappa shape index (κ2) is 6.53. The number of benzene rings is 2. The molecule has 2 aromatic carbocycles. The maximum absolute atomic E-state index is 14.3. The smallest absolute Gasteiger partial charge is 0.150 e. The number of imidazole rings is 1. The van der Waals surface area contributed by atoms with Crippen molar-refractivity contribution in [2.24, 2.45) is 5.16 Å². The number of pyridine rings is 1. The third-order valence-electron chi connectivity index (χ3n) is 4.25. The molecule has 0 aliphatic carbocycles. The van der Waals surface area contributed by atoms with Crippen LogP contribution in [-0.2, 0) is 0 Å². The summed E-state index contributed by atoms with van der Waals surface area (Å²) in [4.78, 5) is 4.21. The van der Waals surface area contributed by atoms with Gasteiger partial charge in [-0.3, -0.25) is 4.40 Å². The van der Waals surface area contributed by atoms with Crippen LogP contribution in [0.25, 0.3) is 16.9 Å². The molecule has 2 heterocycles. The molecular weight excluding hydrogens is 350 g/mol. The molecule has 0 atom stereocenters. The Labute approximate surface area is 153 Å². The van der Waals surface area contributed by atoms with Gasteiger partial charge in [-0.15, -0.1) is 0 Å². The lowest BCUT2D eigenvalue weighted by Crippen LogP contribution is -2.05. The fraction of sp³-hybridized carbons (Fsp3) is 0. The number of hydrogen-bond donors (Lipinski definition) is 2. The molecule has 4 rings (SSSR count). The van der Waals surface area contributed by atoms with E-state index in [1.807, 2.05) is 18.2 Å². The Morgan fingerprint density at radius 1 is 1.00 bits per heavy atom. The van der Waals surface area contributed by atoms with E-state index in [-0.39, 0.29) is 17.1 Å². The number of nitrogens with two attached hydrogens (primary N) is 1. The number of rotatable bonds is 3. The molecular formula is C20H14F2N4O. The zero-order valence-electron chi connectivity index (χ0n) is 14.0. The molecule has 4 aromatic rings. The summed E-state index contributed by atoms with van der Waals surface area (Å²) in [6.45, 7) is 0. The molecule has 0 radical (unpaired) electrons. The molecule has 0 spiro atoms. The standard InChI is InChI=1S/C20H14F2N4O/c21-14-7-8-16(22)15(10-14)19-20(23)24-17-9-6-13(11-26(17)19)18(25-27)12-4-2-1-3-5-12/h1-11,27H,23H2. The summed E-state index contributed by atoms with van der Waals surface area (Å²) >= 11 is 0. The summed E-state index contributed by atoms with van der Waals surface area (Å²) in [5.74, 6) is -1.13. The SMILES string of the molecule is Nc1nc2ccc(C(=NO)c3ccccc3)cn2c1-c1cc(F)ccc1F. The molecule has 5 nitrogen and oxygen atoms in total. The summed E-state index contributed by atoms with van der Waals surface area (Å²) < 4.78 is 29.5. The summed E-state index contributed by atoms with van der Waals surface area (Å²) in [6, 6.07) is 15.6. The van der Waals surface area contributed by atoms with Gasteiger partial charge < -0.3 is 10.9 Å². The Morgan fingerprint density at radius 3 is 2.52 bits per heavy atom. The van der Waals surface area contributed by atoms with Crippen LogP contribution < -0.4 is 5.73 Å². The zero-order valence-corrected chi connectivity index (χ0v) is 14.0. The molecule has 134 valence electrons. The van der Waals surface area contributed by atoms with Gasteiger partial charge in [-0.1, -0.05) is 35.5 Å². The number of aromatic nitrogens is 2. The van der Waals surface area contributed by atoms with Gasteiger partial charge in [0.05, 0.1) is 5.69 Å². The van der Waals surface area contributed by atoms with Crippen molar-refractivity contribution in [3.63, 3.8) is 0 Å². The molecule has 7 heteroatoms. The summed E-state index contributed by atoms with van der Waals surface area (Å²) in [5, 5.41) is 12.9. The number of halogens is 2. The lowest BCUT2D eigenvalue weighted by molar-refractivity contribution is 0.319. The molecule has 0 bridgehead atoms. The van der Waals surface area contributed by atoms with E-state index in [0.29, 0.717) is 22.5 Å². The molecule has 0 amide bonds. The van der Waals surface area contributed by atoms with E-state index >= 15 is 0 Å². The van der Waals surface area contributed by atoms with Crippen molar-refractivity contribution in [3.05, 3.63) is 89.6 Å². The second-order valence-electron chi connectivity index (χ2n) is 5.93. The van der Waals surface area contributed by atoms with Crippen LogP contribution in [0.5, 0.6) is 0 Å². The highest BCUT2D eigenvalue weighted by molar-refractivity contribution is 6.12. The van der Waals surface area contributed by atoms with Crippen molar-refractivity contribution in [2.75, 3.05) is 5.73 Å². The molecule has 0 saturated heterocycles. The molecule has 0 aliphatic rings. The normalized spacial score (nSPS) is 11.9. The van der Waals surface area contributed by atoms with Gasteiger partial charge in [0.1, 0.15) is 23.0 Å². The van der Waals surface area contributed by atoms with Gasteiger partial charge in [-0.25, -0.2) is 13.8 Å². The maximum Gasteiger partial charge on any atom is 0.150 e. The summed E-state index contributed by atoms with van der Waals surface area (Å²) in [7, 11) is 0. The van der Waals surface area contributed by atoms with Gasteiger partial charge in [-0.2, -0.15) is 0 Å². The Balaban J connectivity index is 1.94. The molecule has 0 aliphatic heterocycles. The van der Waals surface area contributed by atoms with Crippen LogP contribution >= 0.6 is 0 Å². The van der Waals surface area contributed by atoms with Crippen LogP contribution in [0.2, 0.25) is 0 Å². The topological polar surface area (TPSA) is 75.9 Å². The number of oxime groups is 1. The highest BCUT2D eigenvalue weighted by atomic mass is 19.1.